The molecule has 0 saturated carbocycles. The molecule has 26 heavy (non-hydrogen) atoms. The zero-order chi connectivity index (χ0) is 18.7. The predicted octanol–water partition coefficient (Wildman–Crippen LogP) is 2.07. The first-order valence-electron chi connectivity index (χ1n) is 8.39. The van der Waals surface area contributed by atoms with Crippen molar-refractivity contribution in [2.45, 2.75) is 25.6 Å². The molecule has 2 heterocycles. The van der Waals surface area contributed by atoms with Crippen LogP contribution in [-0.4, -0.2) is 60.5 Å². The van der Waals surface area contributed by atoms with Gasteiger partial charge in [0, 0.05) is 19.2 Å². The molecule has 1 aromatic heterocycles. The Balaban J connectivity index is 1.73. The Morgan fingerprint density at radius 1 is 1.27 bits per heavy atom. The molecule has 1 fully saturated rings. The third kappa shape index (κ3) is 3.71. The van der Waals surface area contributed by atoms with Gasteiger partial charge < -0.3 is 23.6 Å². The highest BCUT2D eigenvalue weighted by atomic mass is 16.5. The highest BCUT2D eigenvalue weighted by Gasteiger charge is 2.36. The van der Waals surface area contributed by atoms with E-state index in [0.29, 0.717) is 31.4 Å². The number of rotatable bonds is 5. The zero-order valence-electron chi connectivity index (χ0n) is 15.4. The monoisotopic (exact) mass is 361 g/mol. The average Bonchev–Trinajstić information content (AvgIpc) is 3.18. The van der Waals surface area contributed by atoms with Crippen LogP contribution in [-0.2, 0) is 14.3 Å². The summed E-state index contributed by atoms with van der Waals surface area (Å²) in [5, 5.41) is 4.02. The lowest BCUT2D eigenvalue weighted by atomic mass is 10.1. The van der Waals surface area contributed by atoms with E-state index >= 15 is 0 Å². The summed E-state index contributed by atoms with van der Waals surface area (Å²) in [5.74, 6) is 1.47. The molecule has 140 valence electrons. The number of carbonyl (C=O) groups is 1. The van der Waals surface area contributed by atoms with E-state index in [-0.39, 0.29) is 5.91 Å². The molecular formula is C18H23N3O5. The summed E-state index contributed by atoms with van der Waals surface area (Å²) in [6, 6.07) is 7.33. The molecule has 0 aliphatic carbocycles. The van der Waals surface area contributed by atoms with Gasteiger partial charge in [0.2, 0.25) is 5.82 Å². The summed E-state index contributed by atoms with van der Waals surface area (Å²) in [7, 11) is 3.13. The minimum Gasteiger partial charge on any atom is -0.497 e. The first-order chi connectivity index (χ1) is 12.4. The van der Waals surface area contributed by atoms with E-state index < -0.39 is 11.7 Å². The fourth-order valence-electron chi connectivity index (χ4n) is 2.67. The number of ether oxygens (including phenoxy) is 3. The van der Waals surface area contributed by atoms with Crippen LogP contribution in [0.15, 0.2) is 28.8 Å². The number of nitrogens with zero attached hydrogens (tertiary/aromatic N) is 3. The van der Waals surface area contributed by atoms with Crippen LogP contribution >= 0.6 is 0 Å². The first-order valence-corrected chi connectivity index (χ1v) is 8.39. The van der Waals surface area contributed by atoms with Gasteiger partial charge >= 0.3 is 0 Å². The maximum absolute atomic E-state index is 12.6. The molecule has 1 aliphatic rings. The Bertz CT molecular complexity index is 756. The van der Waals surface area contributed by atoms with Crippen molar-refractivity contribution in [3.05, 3.63) is 30.1 Å². The van der Waals surface area contributed by atoms with E-state index in [1.165, 1.54) is 7.11 Å². The van der Waals surface area contributed by atoms with Gasteiger partial charge in [-0.3, -0.25) is 4.79 Å². The lowest BCUT2D eigenvalue weighted by molar-refractivity contribution is -0.158. The van der Waals surface area contributed by atoms with Gasteiger partial charge in [-0.25, -0.2) is 0 Å². The van der Waals surface area contributed by atoms with Crippen LogP contribution in [0.2, 0.25) is 0 Å². The minimum atomic E-state index is -0.882. The lowest BCUT2D eigenvalue weighted by Gasteiger charge is -2.36. The molecule has 0 unspecified atom stereocenters. The van der Waals surface area contributed by atoms with E-state index in [4.69, 9.17) is 18.7 Å². The second-order valence-electron chi connectivity index (χ2n) is 6.51. The van der Waals surface area contributed by atoms with E-state index in [2.05, 4.69) is 10.1 Å². The molecule has 3 rings (SSSR count). The number of carbonyl (C=O) groups excluding carboxylic acids is 1. The molecule has 0 radical (unpaired) electrons. The van der Waals surface area contributed by atoms with Crippen molar-refractivity contribution in [2.75, 3.05) is 33.9 Å². The lowest BCUT2D eigenvalue weighted by Crippen LogP contribution is -2.51. The second-order valence-corrected chi connectivity index (χ2v) is 6.51. The van der Waals surface area contributed by atoms with Gasteiger partial charge in [-0.15, -0.1) is 0 Å². The normalized spacial score (nSPS) is 18.0. The van der Waals surface area contributed by atoms with Gasteiger partial charge in [-0.05, 0) is 38.1 Å². The second kappa shape index (κ2) is 7.43. The van der Waals surface area contributed by atoms with Crippen molar-refractivity contribution in [1.82, 2.24) is 15.0 Å². The van der Waals surface area contributed by atoms with Crippen molar-refractivity contribution in [2.24, 2.45) is 0 Å². The van der Waals surface area contributed by atoms with Gasteiger partial charge in [0.1, 0.15) is 17.5 Å². The van der Waals surface area contributed by atoms with Gasteiger partial charge in [-0.2, -0.15) is 4.98 Å². The van der Waals surface area contributed by atoms with Crippen molar-refractivity contribution in [1.29, 1.82) is 0 Å². The standard InChI is InChI=1S/C18H23N3O5/c1-18(2,24-4)17(22)21-9-10-25-14(11-21)15-19-16(26-20-15)12-5-7-13(23-3)8-6-12/h5-8,14H,9-11H2,1-4H3/t14-/m0/s1. The number of benzene rings is 1. The molecule has 8 nitrogen and oxygen atoms in total. The number of methoxy groups -OCH3 is 2. The summed E-state index contributed by atoms with van der Waals surface area (Å²) in [6.07, 6.45) is -0.434. The Labute approximate surface area is 152 Å². The predicted molar refractivity (Wildman–Crippen MR) is 92.6 cm³/mol. The molecule has 0 spiro atoms. The topological polar surface area (TPSA) is 86.9 Å². The summed E-state index contributed by atoms with van der Waals surface area (Å²) in [5.41, 5.74) is -0.0956. The molecular weight excluding hydrogens is 338 g/mol. The van der Waals surface area contributed by atoms with Crippen LogP contribution in [0, 0.1) is 0 Å². The largest absolute Gasteiger partial charge is 0.497 e. The number of hydrogen-bond donors (Lipinski definition) is 0. The summed E-state index contributed by atoms with van der Waals surface area (Å²) < 4.78 is 21.5. The molecule has 2 aromatic rings. The molecule has 0 N–H and O–H groups in total. The maximum atomic E-state index is 12.6. The SMILES string of the molecule is COc1ccc(-c2nc([C@@H]3CN(C(=O)C(C)(C)OC)CCO3)no2)cc1. The maximum Gasteiger partial charge on any atom is 0.258 e. The van der Waals surface area contributed by atoms with Crippen molar-refractivity contribution >= 4 is 5.91 Å². The van der Waals surface area contributed by atoms with Crippen molar-refractivity contribution < 1.29 is 23.5 Å². The van der Waals surface area contributed by atoms with Crippen LogP contribution in [0.1, 0.15) is 25.8 Å². The quantitative estimate of drug-likeness (QED) is 0.805. The highest BCUT2D eigenvalue weighted by molar-refractivity contribution is 5.84. The van der Waals surface area contributed by atoms with Gasteiger partial charge in [0.05, 0.1) is 20.3 Å². The van der Waals surface area contributed by atoms with E-state index in [1.54, 1.807) is 25.9 Å². The Hall–Kier alpha value is -2.45. The summed E-state index contributed by atoms with van der Waals surface area (Å²) in [6.45, 7) is 4.76. The molecule has 1 amide bonds. The third-order valence-corrected chi connectivity index (χ3v) is 4.45. The van der Waals surface area contributed by atoms with Gasteiger partial charge in [0.25, 0.3) is 11.8 Å². The number of aromatic nitrogens is 2. The van der Waals surface area contributed by atoms with Crippen LogP contribution in [0.25, 0.3) is 11.5 Å². The number of hydrogen-bond acceptors (Lipinski definition) is 7. The van der Waals surface area contributed by atoms with Gasteiger partial charge in [0.15, 0.2) is 0 Å². The molecule has 0 bridgehead atoms. The number of amides is 1. The zero-order valence-corrected chi connectivity index (χ0v) is 15.4. The smallest absolute Gasteiger partial charge is 0.258 e. The third-order valence-electron chi connectivity index (χ3n) is 4.45. The Morgan fingerprint density at radius 2 is 2.00 bits per heavy atom. The van der Waals surface area contributed by atoms with Crippen molar-refractivity contribution in [3.8, 4) is 17.2 Å². The van der Waals surface area contributed by atoms with Crippen LogP contribution < -0.4 is 4.74 Å². The summed E-state index contributed by atoms with van der Waals surface area (Å²) in [4.78, 5) is 18.7. The first kappa shape index (κ1) is 18.3. The Morgan fingerprint density at radius 3 is 2.65 bits per heavy atom. The van der Waals surface area contributed by atoms with E-state index in [1.807, 2.05) is 24.3 Å². The average molecular weight is 361 g/mol. The van der Waals surface area contributed by atoms with Crippen LogP contribution in [0.5, 0.6) is 5.75 Å². The molecule has 1 saturated heterocycles. The van der Waals surface area contributed by atoms with Crippen molar-refractivity contribution in [3.63, 3.8) is 0 Å². The molecule has 8 heteroatoms. The van der Waals surface area contributed by atoms with E-state index in [9.17, 15) is 4.79 Å². The molecule has 1 atom stereocenters. The molecule has 1 aromatic carbocycles. The Kier molecular flexibility index (Phi) is 5.24. The fraction of sp³-hybridized carbons (Fsp3) is 0.500. The number of morpholine rings is 1. The fourth-order valence-corrected chi connectivity index (χ4v) is 2.67. The summed E-state index contributed by atoms with van der Waals surface area (Å²) >= 11 is 0. The highest BCUT2D eigenvalue weighted by Crippen LogP contribution is 2.26. The van der Waals surface area contributed by atoms with Crippen LogP contribution in [0.4, 0.5) is 0 Å². The van der Waals surface area contributed by atoms with E-state index in [0.717, 1.165) is 11.3 Å². The minimum absolute atomic E-state index is 0.0906. The molecule has 1 aliphatic heterocycles. The van der Waals surface area contributed by atoms with Crippen LogP contribution in [0.3, 0.4) is 0 Å². The van der Waals surface area contributed by atoms with Gasteiger partial charge in [-0.1, -0.05) is 5.16 Å².